The van der Waals surface area contributed by atoms with Gasteiger partial charge in [-0.3, -0.25) is 14.2 Å². The van der Waals surface area contributed by atoms with Crippen molar-refractivity contribution >= 4 is 29.0 Å². The van der Waals surface area contributed by atoms with E-state index in [1.807, 2.05) is 21.2 Å². The third-order valence-corrected chi connectivity index (χ3v) is 11.7. The first-order valence-electron chi connectivity index (χ1n) is 13.1. The zero-order valence-corrected chi connectivity index (χ0v) is 22.2. The fourth-order valence-electron chi connectivity index (χ4n) is 7.03. The summed E-state index contributed by atoms with van der Waals surface area (Å²) >= 11 is 3.35. The quantitative estimate of drug-likeness (QED) is 0.534. The van der Waals surface area contributed by atoms with Crippen molar-refractivity contribution in [3.8, 4) is 0 Å². The molecule has 0 spiro atoms. The smallest absolute Gasteiger partial charge is 0.308 e. The first-order valence-corrected chi connectivity index (χ1v) is 14.8. The Bertz CT molecular complexity index is 1140. The third kappa shape index (κ3) is 3.80. The summed E-state index contributed by atoms with van der Waals surface area (Å²) in [6.45, 7) is 8.66. The Kier molecular flexibility index (Phi) is 5.76. The minimum atomic E-state index is 0.0477. The van der Waals surface area contributed by atoms with Gasteiger partial charge in [-0.2, -0.15) is 0 Å². The molecule has 5 atom stereocenters. The number of piperidine rings is 1. The number of fused-ring (bicyclic) bond motifs is 6. The number of thiazole rings is 1. The summed E-state index contributed by atoms with van der Waals surface area (Å²) in [6, 6.07) is 9.22. The number of hydrogen-bond acceptors (Lipinski definition) is 4. The lowest BCUT2D eigenvalue weighted by Gasteiger charge is -2.40. The summed E-state index contributed by atoms with van der Waals surface area (Å²) < 4.78 is 1.83. The molecular weight excluding hydrogens is 460 g/mol. The lowest BCUT2D eigenvalue weighted by molar-refractivity contribution is -0.132. The maximum absolute atomic E-state index is 13.3. The Morgan fingerprint density at radius 2 is 1.74 bits per heavy atom. The Labute approximate surface area is 211 Å². The van der Waals surface area contributed by atoms with E-state index in [2.05, 4.69) is 45.0 Å². The number of carbonyl (C=O) groups excluding carboxylic acids is 1. The molecule has 2 aromatic rings. The number of likely N-dealkylation sites (tertiary alicyclic amines) is 1. The van der Waals surface area contributed by atoms with Crippen LogP contribution in [-0.4, -0.2) is 33.7 Å². The van der Waals surface area contributed by atoms with Gasteiger partial charge in [-0.1, -0.05) is 56.4 Å². The highest BCUT2D eigenvalue weighted by Gasteiger charge is 2.55. The molecule has 5 unspecified atom stereocenters. The number of carbonyl (C=O) groups is 1. The number of aromatic nitrogens is 1. The van der Waals surface area contributed by atoms with Gasteiger partial charge in [-0.15, -0.1) is 11.8 Å². The summed E-state index contributed by atoms with van der Waals surface area (Å²) in [4.78, 5) is 29.6. The molecule has 182 valence electrons. The standard InChI is InChI=1S/C28H36N2O2S2/c1-28(2,3)20-11-9-17(10-12-20)22-23-18-7-8-19(15-18)24(23)33-26-25(22)34-27(32)30(26)16-21(31)29-13-5-4-6-14-29/h9-12,18-19,22-24H,4-8,13-16H2,1-3H3. The van der Waals surface area contributed by atoms with E-state index in [1.165, 1.54) is 53.0 Å². The van der Waals surface area contributed by atoms with E-state index >= 15 is 0 Å². The van der Waals surface area contributed by atoms with Crippen LogP contribution < -0.4 is 4.87 Å². The van der Waals surface area contributed by atoms with Crippen LogP contribution in [0.1, 0.15) is 81.2 Å². The van der Waals surface area contributed by atoms with Gasteiger partial charge in [0.05, 0.1) is 5.03 Å². The van der Waals surface area contributed by atoms with Crippen molar-refractivity contribution in [2.45, 2.75) is 87.4 Å². The molecule has 3 fully saturated rings. The first-order chi connectivity index (χ1) is 16.3. The molecule has 0 radical (unpaired) electrons. The molecule has 6 rings (SSSR count). The van der Waals surface area contributed by atoms with Gasteiger partial charge >= 0.3 is 4.87 Å². The van der Waals surface area contributed by atoms with Crippen molar-refractivity contribution in [2.24, 2.45) is 17.8 Å². The van der Waals surface area contributed by atoms with Gasteiger partial charge in [0.2, 0.25) is 5.91 Å². The molecule has 4 aliphatic rings. The Hall–Kier alpha value is -1.53. The van der Waals surface area contributed by atoms with Crippen LogP contribution in [0.4, 0.5) is 0 Å². The van der Waals surface area contributed by atoms with Gasteiger partial charge in [0.15, 0.2) is 0 Å². The van der Waals surface area contributed by atoms with Crippen molar-refractivity contribution in [2.75, 3.05) is 13.1 Å². The van der Waals surface area contributed by atoms with Crippen LogP contribution in [0.2, 0.25) is 0 Å². The zero-order valence-electron chi connectivity index (χ0n) is 20.6. The summed E-state index contributed by atoms with van der Waals surface area (Å²) in [5, 5.41) is 1.67. The van der Waals surface area contributed by atoms with Crippen molar-refractivity contribution in [3.63, 3.8) is 0 Å². The van der Waals surface area contributed by atoms with Crippen LogP contribution >= 0.6 is 23.1 Å². The number of hydrogen-bond donors (Lipinski definition) is 0. The summed E-state index contributed by atoms with van der Waals surface area (Å²) in [5.74, 6) is 2.54. The van der Waals surface area contributed by atoms with E-state index < -0.39 is 0 Å². The monoisotopic (exact) mass is 496 g/mol. The van der Waals surface area contributed by atoms with Crippen molar-refractivity contribution < 1.29 is 4.79 Å². The maximum atomic E-state index is 13.3. The average molecular weight is 497 g/mol. The van der Waals surface area contributed by atoms with Crippen molar-refractivity contribution in [3.05, 3.63) is 49.9 Å². The molecular formula is C28H36N2O2S2. The van der Waals surface area contributed by atoms with Gasteiger partial charge in [0.1, 0.15) is 6.54 Å². The number of benzene rings is 1. The molecule has 34 heavy (non-hydrogen) atoms. The molecule has 2 aliphatic heterocycles. The predicted molar refractivity (Wildman–Crippen MR) is 140 cm³/mol. The maximum Gasteiger partial charge on any atom is 0.308 e. The molecule has 6 heteroatoms. The van der Waals surface area contributed by atoms with Crippen LogP contribution in [0.15, 0.2) is 34.1 Å². The molecule has 2 bridgehead atoms. The van der Waals surface area contributed by atoms with Crippen molar-refractivity contribution in [1.29, 1.82) is 0 Å². The van der Waals surface area contributed by atoms with Crippen molar-refractivity contribution in [1.82, 2.24) is 9.47 Å². The Morgan fingerprint density at radius 1 is 1.03 bits per heavy atom. The van der Waals surface area contributed by atoms with Gasteiger partial charge in [0.25, 0.3) is 0 Å². The van der Waals surface area contributed by atoms with Crippen LogP contribution in [0.3, 0.4) is 0 Å². The lowest BCUT2D eigenvalue weighted by Crippen LogP contribution is -2.39. The molecule has 1 aromatic carbocycles. The van der Waals surface area contributed by atoms with E-state index in [1.54, 1.807) is 0 Å². The Morgan fingerprint density at radius 3 is 2.44 bits per heavy atom. The third-order valence-electron chi connectivity index (χ3n) is 8.83. The highest BCUT2D eigenvalue weighted by Crippen LogP contribution is 2.64. The Balaban J connectivity index is 1.39. The minimum absolute atomic E-state index is 0.0477. The summed E-state index contributed by atoms with van der Waals surface area (Å²) in [7, 11) is 0. The second-order valence-electron chi connectivity index (χ2n) is 11.9. The highest BCUT2D eigenvalue weighted by molar-refractivity contribution is 8.00. The second kappa shape index (κ2) is 8.55. The molecule has 0 N–H and O–H groups in total. The molecule has 1 saturated heterocycles. The molecule has 3 heterocycles. The van der Waals surface area contributed by atoms with Gasteiger partial charge in [-0.05, 0) is 72.8 Å². The fourth-order valence-corrected chi connectivity index (χ4v) is 10.2. The number of rotatable bonds is 3. The van der Waals surface area contributed by atoms with Gasteiger partial charge < -0.3 is 4.90 Å². The largest absolute Gasteiger partial charge is 0.341 e. The first kappa shape index (κ1) is 22.9. The van der Waals surface area contributed by atoms with Crippen LogP contribution in [0.25, 0.3) is 0 Å². The topological polar surface area (TPSA) is 42.3 Å². The van der Waals surface area contributed by atoms with E-state index in [-0.39, 0.29) is 28.7 Å². The minimum Gasteiger partial charge on any atom is -0.341 e. The SMILES string of the molecule is CC(C)(C)c1ccc(C2c3sc(=O)n(CC(=O)N4CCCCC4)c3SC3C4CCC(C4)C23)cc1. The fraction of sp³-hybridized carbons (Fsp3) is 0.643. The van der Waals surface area contributed by atoms with E-state index in [4.69, 9.17) is 0 Å². The number of nitrogens with zero attached hydrogens (tertiary/aromatic N) is 2. The average Bonchev–Trinajstić information content (AvgIpc) is 3.52. The summed E-state index contributed by atoms with van der Waals surface area (Å²) in [6.07, 6.45) is 7.36. The summed E-state index contributed by atoms with van der Waals surface area (Å²) in [5.41, 5.74) is 2.83. The molecule has 1 amide bonds. The number of thioether (sulfide) groups is 1. The van der Waals surface area contributed by atoms with Gasteiger partial charge in [0, 0.05) is 29.1 Å². The molecule has 4 nitrogen and oxygen atoms in total. The molecule has 2 aliphatic carbocycles. The lowest BCUT2D eigenvalue weighted by atomic mass is 9.74. The van der Waals surface area contributed by atoms with E-state index in [9.17, 15) is 9.59 Å². The molecule has 2 saturated carbocycles. The van der Waals surface area contributed by atoms with Crippen LogP contribution in [-0.2, 0) is 16.8 Å². The number of amides is 1. The van der Waals surface area contributed by atoms with E-state index in [0.717, 1.165) is 42.8 Å². The van der Waals surface area contributed by atoms with Crippen LogP contribution in [0.5, 0.6) is 0 Å². The predicted octanol–water partition coefficient (Wildman–Crippen LogP) is 5.87. The zero-order chi connectivity index (χ0) is 23.6. The van der Waals surface area contributed by atoms with Crippen LogP contribution in [0, 0.1) is 17.8 Å². The van der Waals surface area contributed by atoms with Gasteiger partial charge in [-0.25, -0.2) is 0 Å². The second-order valence-corrected chi connectivity index (χ2v) is 14.1. The normalized spacial score (nSPS) is 30.3. The van der Waals surface area contributed by atoms with E-state index in [0.29, 0.717) is 11.2 Å². The molecule has 1 aromatic heterocycles. The highest BCUT2D eigenvalue weighted by atomic mass is 32.2.